The first-order valence-electron chi connectivity index (χ1n) is 9.01. The number of hydrogen-bond acceptors (Lipinski definition) is 5. The second-order valence-electron chi connectivity index (χ2n) is 7.20. The lowest BCUT2D eigenvalue weighted by atomic mass is 10.1. The highest BCUT2D eigenvalue weighted by Crippen LogP contribution is 2.28. The Hall–Kier alpha value is -2.15. The van der Waals surface area contributed by atoms with E-state index >= 15 is 0 Å². The summed E-state index contributed by atoms with van der Waals surface area (Å²) < 4.78 is 25.2. The molecule has 0 spiro atoms. The molecular formula is C19H25FN2O4. The van der Waals surface area contributed by atoms with Gasteiger partial charge in [0.15, 0.2) is 11.6 Å². The molecule has 1 aromatic rings. The number of rotatable bonds is 7. The van der Waals surface area contributed by atoms with Gasteiger partial charge in [-0.1, -0.05) is 0 Å². The van der Waals surface area contributed by atoms with Crippen LogP contribution in [0.4, 0.5) is 14.9 Å². The Kier molecular flexibility index (Phi) is 5.76. The minimum absolute atomic E-state index is 0.0560. The molecule has 0 radical (unpaired) electrons. The third-order valence-electron chi connectivity index (χ3n) is 4.88. The summed E-state index contributed by atoms with van der Waals surface area (Å²) in [6, 6.07) is 4.51. The van der Waals surface area contributed by atoms with Crippen LogP contribution >= 0.6 is 0 Å². The molecule has 6 nitrogen and oxygen atoms in total. The molecule has 1 amide bonds. The Morgan fingerprint density at radius 3 is 2.85 bits per heavy atom. The van der Waals surface area contributed by atoms with Gasteiger partial charge in [0.2, 0.25) is 0 Å². The van der Waals surface area contributed by atoms with E-state index in [0.717, 1.165) is 19.5 Å². The summed E-state index contributed by atoms with van der Waals surface area (Å²) in [5, 5.41) is 0. The molecule has 1 aromatic carbocycles. The first-order valence-corrected chi connectivity index (χ1v) is 9.01. The number of Topliss-reactive ketones (excluding diaryl/α,β-unsaturated/α-hetero) is 1. The SMILES string of the molecule is CC(=O)CCC1CN(c2ccc(OCC3CCN(C)C3)c(F)c2)C(=O)O1. The van der Waals surface area contributed by atoms with Crippen molar-refractivity contribution in [3.63, 3.8) is 0 Å². The Labute approximate surface area is 152 Å². The Balaban J connectivity index is 1.58. The van der Waals surface area contributed by atoms with Gasteiger partial charge in [-0.3, -0.25) is 4.90 Å². The van der Waals surface area contributed by atoms with Gasteiger partial charge in [-0.15, -0.1) is 0 Å². The predicted octanol–water partition coefficient (Wildman–Crippen LogP) is 2.85. The average Bonchev–Trinajstić information content (AvgIpc) is 3.17. The minimum atomic E-state index is -0.513. The minimum Gasteiger partial charge on any atom is -0.490 e. The highest BCUT2D eigenvalue weighted by molar-refractivity contribution is 5.89. The van der Waals surface area contributed by atoms with Crippen LogP contribution in [0.2, 0.25) is 0 Å². The summed E-state index contributed by atoms with van der Waals surface area (Å²) in [5.41, 5.74) is 0.436. The highest BCUT2D eigenvalue weighted by atomic mass is 19.1. The molecule has 2 heterocycles. The summed E-state index contributed by atoms with van der Waals surface area (Å²) >= 11 is 0. The van der Waals surface area contributed by atoms with E-state index in [4.69, 9.17) is 9.47 Å². The Morgan fingerprint density at radius 1 is 1.38 bits per heavy atom. The van der Waals surface area contributed by atoms with E-state index in [1.807, 2.05) is 0 Å². The van der Waals surface area contributed by atoms with Crippen molar-refractivity contribution in [2.24, 2.45) is 5.92 Å². The fourth-order valence-electron chi connectivity index (χ4n) is 3.39. The fourth-order valence-corrected chi connectivity index (χ4v) is 3.39. The molecule has 0 aliphatic carbocycles. The fraction of sp³-hybridized carbons (Fsp3) is 0.579. The van der Waals surface area contributed by atoms with Crippen molar-refractivity contribution in [2.45, 2.75) is 32.3 Å². The van der Waals surface area contributed by atoms with Gasteiger partial charge in [0, 0.05) is 24.9 Å². The lowest BCUT2D eigenvalue weighted by Crippen LogP contribution is -2.24. The van der Waals surface area contributed by atoms with Gasteiger partial charge in [0.05, 0.1) is 18.8 Å². The van der Waals surface area contributed by atoms with Crippen LogP contribution in [0.1, 0.15) is 26.2 Å². The number of nitrogens with zero attached hydrogens (tertiary/aromatic N) is 2. The third kappa shape index (κ3) is 4.52. The molecule has 2 atom stereocenters. The van der Waals surface area contributed by atoms with Crippen LogP contribution in [0.5, 0.6) is 5.75 Å². The van der Waals surface area contributed by atoms with Crippen LogP contribution < -0.4 is 9.64 Å². The van der Waals surface area contributed by atoms with E-state index in [1.165, 1.54) is 17.9 Å². The van der Waals surface area contributed by atoms with Gasteiger partial charge in [0.1, 0.15) is 11.9 Å². The van der Waals surface area contributed by atoms with E-state index in [0.29, 0.717) is 37.6 Å². The molecule has 0 aromatic heterocycles. The van der Waals surface area contributed by atoms with Crippen LogP contribution in [0.3, 0.4) is 0 Å². The highest BCUT2D eigenvalue weighted by Gasteiger charge is 2.32. The Morgan fingerprint density at radius 2 is 2.19 bits per heavy atom. The molecule has 142 valence electrons. The summed E-state index contributed by atoms with van der Waals surface area (Å²) in [6.07, 6.45) is 1.04. The van der Waals surface area contributed by atoms with Gasteiger partial charge in [-0.2, -0.15) is 0 Å². The largest absolute Gasteiger partial charge is 0.490 e. The maximum absolute atomic E-state index is 14.4. The zero-order valence-electron chi connectivity index (χ0n) is 15.2. The standard InChI is InChI=1S/C19H25FN2O4/c1-13(23)3-5-16-11-22(19(24)26-16)15-4-6-18(17(20)9-15)25-12-14-7-8-21(2)10-14/h4,6,9,14,16H,3,5,7-8,10-12H2,1-2H3. The van der Waals surface area contributed by atoms with Crippen molar-refractivity contribution >= 4 is 17.6 Å². The third-order valence-corrected chi connectivity index (χ3v) is 4.88. The van der Waals surface area contributed by atoms with E-state index in [-0.39, 0.29) is 17.6 Å². The number of halogens is 1. The van der Waals surface area contributed by atoms with Gasteiger partial charge in [-0.25, -0.2) is 9.18 Å². The molecule has 0 saturated carbocycles. The average molecular weight is 364 g/mol. The maximum Gasteiger partial charge on any atom is 0.414 e. The summed E-state index contributed by atoms with van der Waals surface area (Å²) in [5.74, 6) is 0.174. The number of hydrogen-bond donors (Lipinski definition) is 0. The quantitative estimate of drug-likeness (QED) is 0.745. The molecule has 2 aliphatic rings. The molecular weight excluding hydrogens is 339 g/mol. The van der Waals surface area contributed by atoms with Crippen molar-refractivity contribution in [1.29, 1.82) is 0 Å². The number of likely N-dealkylation sites (tertiary alicyclic amines) is 1. The second kappa shape index (κ2) is 8.03. The van der Waals surface area contributed by atoms with Gasteiger partial charge in [0.25, 0.3) is 0 Å². The van der Waals surface area contributed by atoms with Crippen molar-refractivity contribution in [2.75, 3.05) is 38.2 Å². The smallest absolute Gasteiger partial charge is 0.414 e. The van der Waals surface area contributed by atoms with Crippen molar-refractivity contribution in [3.05, 3.63) is 24.0 Å². The van der Waals surface area contributed by atoms with Crippen LogP contribution in [0.25, 0.3) is 0 Å². The van der Waals surface area contributed by atoms with Gasteiger partial charge < -0.3 is 19.2 Å². The summed E-state index contributed by atoms with van der Waals surface area (Å²) in [4.78, 5) is 26.7. The number of anilines is 1. The number of carbonyl (C=O) groups excluding carboxylic acids is 2. The van der Waals surface area contributed by atoms with Crippen LogP contribution in [0.15, 0.2) is 18.2 Å². The number of cyclic esters (lactones) is 1. The van der Waals surface area contributed by atoms with Crippen LogP contribution in [0, 0.1) is 11.7 Å². The Bertz CT molecular complexity index is 682. The molecule has 2 fully saturated rings. The van der Waals surface area contributed by atoms with E-state index in [2.05, 4.69) is 11.9 Å². The van der Waals surface area contributed by atoms with Gasteiger partial charge in [-0.05, 0) is 45.5 Å². The first kappa shape index (κ1) is 18.6. The molecule has 2 aliphatic heterocycles. The van der Waals surface area contributed by atoms with E-state index in [9.17, 15) is 14.0 Å². The van der Waals surface area contributed by atoms with Crippen molar-refractivity contribution in [1.82, 2.24) is 4.90 Å². The van der Waals surface area contributed by atoms with Crippen molar-refractivity contribution in [3.8, 4) is 5.75 Å². The first-order chi connectivity index (χ1) is 12.4. The zero-order valence-corrected chi connectivity index (χ0v) is 15.2. The van der Waals surface area contributed by atoms with Crippen LogP contribution in [-0.4, -0.2) is 56.2 Å². The maximum atomic E-state index is 14.4. The lowest BCUT2D eigenvalue weighted by molar-refractivity contribution is -0.117. The zero-order chi connectivity index (χ0) is 18.7. The summed E-state index contributed by atoms with van der Waals surface area (Å²) in [7, 11) is 2.06. The van der Waals surface area contributed by atoms with E-state index in [1.54, 1.807) is 12.1 Å². The summed E-state index contributed by atoms with van der Waals surface area (Å²) in [6.45, 7) is 4.31. The van der Waals surface area contributed by atoms with Gasteiger partial charge >= 0.3 is 6.09 Å². The topological polar surface area (TPSA) is 59.1 Å². The number of ether oxygens (including phenoxy) is 2. The second-order valence-corrected chi connectivity index (χ2v) is 7.20. The molecule has 7 heteroatoms. The number of carbonyl (C=O) groups is 2. The van der Waals surface area contributed by atoms with E-state index < -0.39 is 11.9 Å². The number of amides is 1. The predicted molar refractivity (Wildman–Crippen MR) is 95.0 cm³/mol. The molecule has 26 heavy (non-hydrogen) atoms. The number of benzene rings is 1. The molecule has 2 saturated heterocycles. The molecule has 3 rings (SSSR count). The molecule has 2 unspecified atom stereocenters. The lowest BCUT2D eigenvalue weighted by Gasteiger charge is -2.16. The monoisotopic (exact) mass is 364 g/mol. The molecule has 0 bridgehead atoms. The number of ketones is 1. The van der Waals surface area contributed by atoms with Crippen LogP contribution in [-0.2, 0) is 9.53 Å². The molecule has 0 N–H and O–H groups in total. The van der Waals surface area contributed by atoms with Crippen molar-refractivity contribution < 1.29 is 23.5 Å². The normalized spacial score (nSPS) is 23.3.